The van der Waals surface area contributed by atoms with Crippen LogP contribution in [0.5, 0.6) is 0 Å². The minimum atomic E-state index is -3.48. The standard InChI is InChI=1S/C14H15ClN4O2S/c15-11-2-1-3-13(6-11)22(20,21)18-7-12(8-18)19-9-14(16-17-19)10-4-5-10/h1-3,6,9-10,12H,4-5,7-8H2. The molecule has 6 nitrogen and oxygen atoms in total. The number of hydrogen-bond acceptors (Lipinski definition) is 4. The smallest absolute Gasteiger partial charge is 0.243 e. The van der Waals surface area contributed by atoms with Gasteiger partial charge in [0.2, 0.25) is 10.0 Å². The minimum absolute atomic E-state index is 0.0639. The van der Waals surface area contributed by atoms with E-state index >= 15 is 0 Å². The number of aromatic nitrogens is 3. The van der Waals surface area contributed by atoms with Crippen molar-refractivity contribution in [3.05, 3.63) is 41.2 Å². The molecule has 1 aliphatic carbocycles. The Hall–Kier alpha value is -1.44. The first-order chi connectivity index (χ1) is 10.5. The Labute approximate surface area is 133 Å². The quantitative estimate of drug-likeness (QED) is 0.855. The molecule has 1 aromatic heterocycles. The lowest BCUT2D eigenvalue weighted by Crippen LogP contribution is -2.50. The van der Waals surface area contributed by atoms with Crippen LogP contribution in [0.1, 0.15) is 30.5 Å². The van der Waals surface area contributed by atoms with Gasteiger partial charge in [0.15, 0.2) is 0 Å². The van der Waals surface area contributed by atoms with Gasteiger partial charge in [0.1, 0.15) is 0 Å². The average molecular weight is 339 g/mol. The molecule has 0 unspecified atom stereocenters. The minimum Gasteiger partial charge on any atom is -0.247 e. The number of sulfonamides is 1. The molecule has 1 aromatic carbocycles. The maximum Gasteiger partial charge on any atom is 0.243 e. The van der Waals surface area contributed by atoms with Gasteiger partial charge in [0.05, 0.1) is 16.6 Å². The highest BCUT2D eigenvalue weighted by atomic mass is 35.5. The summed E-state index contributed by atoms with van der Waals surface area (Å²) >= 11 is 5.87. The topological polar surface area (TPSA) is 68.1 Å². The molecule has 8 heteroatoms. The molecule has 0 bridgehead atoms. The van der Waals surface area contributed by atoms with Crippen molar-refractivity contribution in [1.29, 1.82) is 0 Å². The maximum atomic E-state index is 12.5. The first kappa shape index (κ1) is 14.2. The zero-order chi connectivity index (χ0) is 15.3. The van der Waals surface area contributed by atoms with Gasteiger partial charge in [-0.05, 0) is 31.0 Å². The first-order valence-electron chi connectivity index (χ1n) is 7.21. The highest BCUT2D eigenvalue weighted by molar-refractivity contribution is 7.89. The number of benzene rings is 1. The zero-order valence-electron chi connectivity index (χ0n) is 11.8. The van der Waals surface area contributed by atoms with Gasteiger partial charge in [0.25, 0.3) is 0 Å². The molecule has 2 heterocycles. The van der Waals surface area contributed by atoms with Crippen LogP contribution in [-0.2, 0) is 10.0 Å². The Morgan fingerprint density at radius 2 is 2.00 bits per heavy atom. The van der Waals surface area contributed by atoms with Crippen LogP contribution >= 0.6 is 11.6 Å². The summed E-state index contributed by atoms with van der Waals surface area (Å²) in [5.74, 6) is 0.556. The van der Waals surface area contributed by atoms with Gasteiger partial charge < -0.3 is 0 Å². The predicted octanol–water partition coefficient (Wildman–Crippen LogP) is 2.05. The van der Waals surface area contributed by atoms with Crippen molar-refractivity contribution in [3.8, 4) is 0 Å². The molecule has 4 rings (SSSR count). The number of nitrogens with zero attached hydrogens (tertiary/aromatic N) is 4. The Morgan fingerprint density at radius 1 is 1.23 bits per heavy atom. The lowest BCUT2D eigenvalue weighted by Gasteiger charge is -2.37. The third-order valence-corrected chi connectivity index (χ3v) is 6.22. The number of halogens is 1. The molecule has 2 aromatic rings. The molecule has 1 saturated carbocycles. The molecule has 0 radical (unpaired) electrons. The van der Waals surface area contributed by atoms with Crippen LogP contribution in [0.3, 0.4) is 0 Å². The van der Waals surface area contributed by atoms with Crippen LogP contribution in [0.2, 0.25) is 5.02 Å². The lowest BCUT2D eigenvalue weighted by molar-refractivity contribution is 0.189. The van der Waals surface area contributed by atoms with Gasteiger partial charge in [-0.25, -0.2) is 13.1 Å². The molecule has 0 amide bonds. The Morgan fingerprint density at radius 3 is 2.68 bits per heavy atom. The summed E-state index contributed by atoms with van der Waals surface area (Å²) in [7, 11) is -3.48. The van der Waals surface area contributed by atoms with E-state index in [2.05, 4.69) is 10.3 Å². The molecule has 2 aliphatic rings. The van der Waals surface area contributed by atoms with Crippen LogP contribution in [0.25, 0.3) is 0 Å². The molecular weight excluding hydrogens is 324 g/mol. The summed E-state index contributed by atoms with van der Waals surface area (Å²) in [4.78, 5) is 0.232. The van der Waals surface area contributed by atoms with Crippen LogP contribution in [0, 0.1) is 0 Å². The fourth-order valence-corrected chi connectivity index (χ4v) is 4.41. The van der Waals surface area contributed by atoms with Crippen molar-refractivity contribution in [1.82, 2.24) is 19.3 Å². The second-order valence-corrected chi connectivity index (χ2v) is 8.21. The maximum absolute atomic E-state index is 12.5. The highest BCUT2D eigenvalue weighted by Gasteiger charge is 2.39. The summed E-state index contributed by atoms with van der Waals surface area (Å²) in [6.07, 6.45) is 4.31. The van der Waals surface area contributed by atoms with Crippen LogP contribution < -0.4 is 0 Å². The Bertz CT molecular complexity index is 810. The van der Waals surface area contributed by atoms with Crippen molar-refractivity contribution in [2.24, 2.45) is 0 Å². The van der Waals surface area contributed by atoms with E-state index < -0.39 is 10.0 Å². The first-order valence-corrected chi connectivity index (χ1v) is 9.03. The van der Waals surface area contributed by atoms with Gasteiger partial charge >= 0.3 is 0 Å². The second-order valence-electron chi connectivity index (χ2n) is 5.83. The van der Waals surface area contributed by atoms with Gasteiger partial charge in [-0.3, -0.25) is 0 Å². The lowest BCUT2D eigenvalue weighted by atomic mass is 10.2. The third-order valence-electron chi connectivity index (χ3n) is 4.16. The van der Waals surface area contributed by atoms with E-state index in [-0.39, 0.29) is 10.9 Å². The van der Waals surface area contributed by atoms with Gasteiger partial charge in [-0.1, -0.05) is 22.9 Å². The monoisotopic (exact) mass is 338 g/mol. The van der Waals surface area contributed by atoms with E-state index in [9.17, 15) is 8.42 Å². The highest BCUT2D eigenvalue weighted by Crippen LogP contribution is 2.39. The van der Waals surface area contributed by atoms with E-state index in [1.807, 2.05) is 6.20 Å². The molecule has 1 saturated heterocycles. The third kappa shape index (κ3) is 2.43. The van der Waals surface area contributed by atoms with E-state index in [0.717, 1.165) is 5.69 Å². The van der Waals surface area contributed by atoms with Crippen molar-refractivity contribution >= 4 is 21.6 Å². The fourth-order valence-electron chi connectivity index (χ4n) is 2.59. The van der Waals surface area contributed by atoms with Crippen LogP contribution in [0.15, 0.2) is 35.4 Å². The Kier molecular flexibility index (Phi) is 3.25. The molecule has 116 valence electrons. The van der Waals surface area contributed by atoms with Crippen molar-refractivity contribution in [2.75, 3.05) is 13.1 Å². The zero-order valence-corrected chi connectivity index (χ0v) is 13.3. The fraction of sp³-hybridized carbons (Fsp3) is 0.429. The molecule has 1 aliphatic heterocycles. The molecule has 22 heavy (non-hydrogen) atoms. The molecule has 0 spiro atoms. The van der Waals surface area contributed by atoms with Crippen molar-refractivity contribution in [2.45, 2.75) is 29.7 Å². The summed E-state index contributed by atoms with van der Waals surface area (Å²) in [6.45, 7) is 0.838. The SMILES string of the molecule is O=S(=O)(c1cccc(Cl)c1)N1CC(n2cc(C3CC3)nn2)C1. The summed E-state index contributed by atoms with van der Waals surface area (Å²) in [5.41, 5.74) is 1.02. The summed E-state index contributed by atoms with van der Waals surface area (Å²) in [6, 6.07) is 6.41. The van der Waals surface area contributed by atoms with Crippen molar-refractivity contribution in [3.63, 3.8) is 0 Å². The Balaban J connectivity index is 1.47. The van der Waals surface area contributed by atoms with Crippen LogP contribution in [0.4, 0.5) is 0 Å². The second kappa shape index (κ2) is 5.04. The number of hydrogen-bond donors (Lipinski definition) is 0. The molecule has 0 N–H and O–H groups in total. The van der Waals surface area contributed by atoms with Gasteiger partial charge in [0, 0.05) is 30.2 Å². The van der Waals surface area contributed by atoms with E-state index in [1.54, 1.807) is 22.9 Å². The molecule has 2 fully saturated rings. The van der Waals surface area contributed by atoms with Crippen molar-refractivity contribution < 1.29 is 8.42 Å². The van der Waals surface area contributed by atoms with Gasteiger partial charge in [-0.15, -0.1) is 5.10 Å². The van der Waals surface area contributed by atoms with Crippen LogP contribution in [-0.4, -0.2) is 40.8 Å². The summed E-state index contributed by atoms with van der Waals surface area (Å²) in [5, 5.41) is 8.71. The average Bonchev–Trinajstić information content (AvgIpc) is 3.17. The normalized spacial score (nSPS) is 20.0. The largest absolute Gasteiger partial charge is 0.247 e. The predicted molar refractivity (Wildman–Crippen MR) is 81.2 cm³/mol. The summed E-state index contributed by atoms with van der Waals surface area (Å²) < 4.78 is 28.2. The molecule has 0 atom stereocenters. The van der Waals surface area contributed by atoms with E-state index in [0.29, 0.717) is 24.0 Å². The van der Waals surface area contributed by atoms with E-state index in [1.165, 1.54) is 23.2 Å². The number of rotatable bonds is 4. The molecular formula is C14H15ClN4O2S. The van der Waals surface area contributed by atoms with Gasteiger partial charge in [-0.2, -0.15) is 4.31 Å². The van der Waals surface area contributed by atoms with E-state index in [4.69, 9.17) is 11.6 Å².